The first kappa shape index (κ1) is 20.7. The maximum atomic E-state index is 13.6. The van der Waals surface area contributed by atoms with E-state index in [1.54, 1.807) is 12.1 Å². The Kier molecular flexibility index (Phi) is 5.82. The van der Waals surface area contributed by atoms with E-state index in [9.17, 15) is 18.4 Å². The number of nitrogens with zero attached hydrogens (tertiary/aromatic N) is 4. The molecule has 148 valence electrons. The molecule has 1 heterocycles. The molecule has 2 N–H and O–H groups in total. The second kappa shape index (κ2) is 8.15. The summed E-state index contributed by atoms with van der Waals surface area (Å²) in [6, 6.07) is 10.3. The molecule has 0 amide bonds. The van der Waals surface area contributed by atoms with E-state index in [0.717, 1.165) is 6.08 Å². The number of alkyl halides is 3. The van der Waals surface area contributed by atoms with Crippen LogP contribution in [0.5, 0.6) is 0 Å². The number of hydrogen-bond donors (Lipinski definition) is 1. The molecule has 3 rings (SSSR count). The van der Waals surface area contributed by atoms with Gasteiger partial charge >= 0.3 is 6.18 Å². The van der Waals surface area contributed by atoms with Crippen molar-refractivity contribution in [1.29, 1.82) is 5.26 Å². The van der Waals surface area contributed by atoms with Gasteiger partial charge in [-0.15, -0.1) is 5.10 Å². The van der Waals surface area contributed by atoms with Crippen LogP contribution in [0.25, 0.3) is 11.8 Å². The Morgan fingerprint density at radius 2 is 1.83 bits per heavy atom. The van der Waals surface area contributed by atoms with Crippen molar-refractivity contribution in [2.45, 2.75) is 12.1 Å². The lowest BCUT2D eigenvalue weighted by molar-refractivity contribution is -0.139. The Balaban J connectivity index is 1.97. The average molecular weight is 438 g/mol. The number of allylic oxidation sites excluding steroid dienone is 1. The third kappa shape index (κ3) is 4.88. The number of hydrogen-bond acceptors (Lipinski definition) is 4. The standard InChI is InChI=1S/C19H12Cl2F3N5/c20-14-6-12(7-15(21)8-14)16(19(22,23)24)3-1-11-2-4-17(13(5-11)9-25)29-10-27-18(26)28-29/h1-8,10,16H,(H2,26,28)/b3-1+. The molecule has 5 nitrogen and oxygen atoms in total. The zero-order valence-corrected chi connectivity index (χ0v) is 16.0. The average Bonchev–Trinajstić information content (AvgIpc) is 3.06. The number of nitriles is 1. The molecular weight excluding hydrogens is 426 g/mol. The first-order chi connectivity index (χ1) is 13.7. The predicted molar refractivity (Wildman–Crippen MR) is 105 cm³/mol. The fraction of sp³-hybridized carbons (Fsp3) is 0.105. The van der Waals surface area contributed by atoms with E-state index in [-0.39, 0.29) is 27.1 Å². The van der Waals surface area contributed by atoms with Crippen molar-refractivity contribution < 1.29 is 13.2 Å². The Hall–Kier alpha value is -3.02. The summed E-state index contributed by atoms with van der Waals surface area (Å²) in [7, 11) is 0. The van der Waals surface area contributed by atoms with Gasteiger partial charge in [0.05, 0.1) is 17.2 Å². The SMILES string of the molecule is N#Cc1cc(/C=C/C(c2cc(Cl)cc(Cl)c2)C(F)(F)F)ccc1-n1cnc(N)n1. The summed E-state index contributed by atoms with van der Waals surface area (Å²) in [6.45, 7) is 0. The predicted octanol–water partition coefficient (Wildman–Crippen LogP) is 5.39. The van der Waals surface area contributed by atoms with Gasteiger partial charge in [0.25, 0.3) is 0 Å². The number of nitrogens with two attached hydrogens (primary N) is 1. The first-order valence-electron chi connectivity index (χ1n) is 8.10. The topological polar surface area (TPSA) is 80.5 Å². The van der Waals surface area contributed by atoms with Crippen LogP contribution in [0.4, 0.5) is 19.1 Å². The Bertz CT molecular complexity index is 1100. The molecule has 0 bridgehead atoms. The normalized spacial score (nSPS) is 12.8. The number of rotatable bonds is 4. The fourth-order valence-electron chi connectivity index (χ4n) is 2.71. The highest BCUT2D eigenvalue weighted by atomic mass is 35.5. The molecule has 0 aliphatic rings. The third-order valence-corrected chi connectivity index (χ3v) is 4.41. The van der Waals surface area contributed by atoms with Crippen LogP contribution in [0, 0.1) is 11.3 Å². The van der Waals surface area contributed by atoms with Crippen LogP contribution in [-0.4, -0.2) is 20.9 Å². The maximum Gasteiger partial charge on any atom is 0.399 e. The van der Waals surface area contributed by atoms with Gasteiger partial charge in [0.2, 0.25) is 5.95 Å². The molecular formula is C19H12Cl2F3N5. The van der Waals surface area contributed by atoms with Crippen molar-refractivity contribution in [3.05, 3.63) is 75.5 Å². The van der Waals surface area contributed by atoms with Crippen molar-refractivity contribution in [2.75, 3.05) is 5.73 Å². The monoisotopic (exact) mass is 437 g/mol. The summed E-state index contributed by atoms with van der Waals surface area (Å²) in [5, 5.41) is 13.5. The zero-order chi connectivity index (χ0) is 21.2. The molecule has 1 unspecified atom stereocenters. The second-order valence-electron chi connectivity index (χ2n) is 6.02. The van der Waals surface area contributed by atoms with Gasteiger partial charge in [0, 0.05) is 10.0 Å². The van der Waals surface area contributed by atoms with E-state index in [0.29, 0.717) is 11.3 Å². The highest BCUT2D eigenvalue weighted by Gasteiger charge is 2.39. The molecule has 0 saturated heterocycles. The van der Waals surface area contributed by atoms with Crippen LogP contribution in [0.1, 0.15) is 22.6 Å². The number of anilines is 1. The summed E-state index contributed by atoms with van der Waals surface area (Å²) < 4.78 is 42.1. The molecule has 29 heavy (non-hydrogen) atoms. The Morgan fingerprint density at radius 3 is 2.38 bits per heavy atom. The lowest BCUT2D eigenvalue weighted by atomic mass is 9.96. The van der Waals surface area contributed by atoms with Gasteiger partial charge in [-0.25, -0.2) is 9.67 Å². The summed E-state index contributed by atoms with van der Waals surface area (Å²) in [5.41, 5.74) is 6.40. The fourth-order valence-corrected chi connectivity index (χ4v) is 3.25. The van der Waals surface area contributed by atoms with Gasteiger partial charge in [-0.2, -0.15) is 18.4 Å². The minimum Gasteiger partial charge on any atom is -0.366 e. The van der Waals surface area contributed by atoms with E-state index in [1.165, 1.54) is 41.4 Å². The minimum atomic E-state index is -4.55. The van der Waals surface area contributed by atoms with Crippen molar-refractivity contribution in [1.82, 2.24) is 14.8 Å². The Morgan fingerprint density at radius 1 is 1.14 bits per heavy atom. The third-order valence-electron chi connectivity index (χ3n) is 3.98. The first-order valence-corrected chi connectivity index (χ1v) is 8.85. The van der Waals surface area contributed by atoms with Crippen LogP contribution in [0.3, 0.4) is 0 Å². The largest absolute Gasteiger partial charge is 0.399 e. The van der Waals surface area contributed by atoms with Crippen LogP contribution >= 0.6 is 23.2 Å². The van der Waals surface area contributed by atoms with Crippen molar-refractivity contribution in [3.8, 4) is 11.8 Å². The lowest BCUT2D eigenvalue weighted by Crippen LogP contribution is -2.18. The molecule has 1 atom stereocenters. The summed E-state index contributed by atoms with van der Waals surface area (Å²) in [5.74, 6) is -1.88. The van der Waals surface area contributed by atoms with Gasteiger partial charge in [0.15, 0.2) is 0 Å². The molecule has 0 radical (unpaired) electrons. The molecule has 3 aromatic rings. The second-order valence-corrected chi connectivity index (χ2v) is 6.89. The van der Waals surface area contributed by atoms with E-state index in [2.05, 4.69) is 10.1 Å². The molecule has 0 fully saturated rings. The Labute approximate surface area is 173 Å². The molecule has 2 aromatic carbocycles. The number of nitrogen functional groups attached to an aromatic ring is 1. The number of benzene rings is 2. The highest BCUT2D eigenvalue weighted by Crippen LogP contribution is 2.38. The van der Waals surface area contributed by atoms with Crippen LogP contribution in [-0.2, 0) is 0 Å². The van der Waals surface area contributed by atoms with Gasteiger partial charge < -0.3 is 5.73 Å². The molecule has 10 heteroatoms. The smallest absolute Gasteiger partial charge is 0.366 e. The van der Waals surface area contributed by atoms with Crippen molar-refractivity contribution >= 4 is 35.2 Å². The number of aromatic nitrogens is 3. The number of halogens is 5. The summed E-state index contributed by atoms with van der Waals surface area (Å²) in [6.07, 6.45) is -0.941. The molecule has 0 aliphatic carbocycles. The minimum absolute atomic E-state index is 0.0334. The van der Waals surface area contributed by atoms with Gasteiger partial charge in [-0.3, -0.25) is 0 Å². The lowest BCUT2D eigenvalue weighted by Gasteiger charge is -2.18. The van der Waals surface area contributed by atoms with Gasteiger partial charge in [0.1, 0.15) is 12.4 Å². The highest BCUT2D eigenvalue weighted by molar-refractivity contribution is 6.34. The quantitative estimate of drug-likeness (QED) is 0.593. The van der Waals surface area contributed by atoms with E-state index >= 15 is 0 Å². The molecule has 1 aromatic heterocycles. The zero-order valence-electron chi connectivity index (χ0n) is 14.5. The van der Waals surface area contributed by atoms with E-state index in [1.807, 2.05) is 6.07 Å². The molecule has 0 aliphatic heterocycles. The van der Waals surface area contributed by atoms with E-state index in [4.69, 9.17) is 28.9 Å². The van der Waals surface area contributed by atoms with Gasteiger partial charge in [-0.1, -0.05) is 41.4 Å². The van der Waals surface area contributed by atoms with Crippen molar-refractivity contribution in [2.24, 2.45) is 0 Å². The van der Waals surface area contributed by atoms with Gasteiger partial charge in [-0.05, 0) is 41.5 Å². The van der Waals surface area contributed by atoms with Crippen LogP contribution < -0.4 is 5.73 Å². The van der Waals surface area contributed by atoms with Crippen LogP contribution in [0.2, 0.25) is 10.0 Å². The molecule has 0 saturated carbocycles. The van der Waals surface area contributed by atoms with Crippen LogP contribution in [0.15, 0.2) is 48.8 Å². The van der Waals surface area contributed by atoms with Crippen molar-refractivity contribution in [3.63, 3.8) is 0 Å². The van der Waals surface area contributed by atoms with E-state index < -0.39 is 12.1 Å². The summed E-state index contributed by atoms with van der Waals surface area (Å²) >= 11 is 11.7. The molecule has 0 spiro atoms. The maximum absolute atomic E-state index is 13.6. The summed E-state index contributed by atoms with van der Waals surface area (Å²) in [4.78, 5) is 3.78.